The number of aromatic hydroxyl groups is 1. The molecule has 196 valence electrons. The number of rotatable bonds is 8. The van der Waals surface area contributed by atoms with Crippen LogP contribution in [0.5, 0.6) is 5.75 Å². The second kappa shape index (κ2) is 11.7. The number of halogens is 2. The molecule has 3 aromatic rings. The second-order valence-corrected chi connectivity index (χ2v) is 10.7. The van der Waals surface area contributed by atoms with E-state index < -0.39 is 0 Å². The summed E-state index contributed by atoms with van der Waals surface area (Å²) in [6.07, 6.45) is 4.86. The van der Waals surface area contributed by atoms with E-state index in [9.17, 15) is 14.7 Å². The van der Waals surface area contributed by atoms with E-state index in [2.05, 4.69) is 15.6 Å². The van der Waals surface area contributed by atoms with E-state index in [0.717, 1.165) is 59.9 Å². The van der Waals surface area contributed by atoms with Crippen LogP contribution in [-0.2, 0) is 4.79 Å². The highest BCUT2D eigenvalue weighted by molar-refractivity contribution is 6.37. The van der Waals surface area contributed by atoms with Crippen molar-refractivity contribution in [3.63, 3.8) is 0 Å². The van der Waals surface area contributed by atoms with Crippen molar-refractivity contribution in [3.05, 3.63) is 52.1 Å². The number of carbonyl (C=O) groups excluding carboxylic acids is 2. The van der Waals surface area contributed by atoms with Crippen LogP contribution in [0.25, 0.3) is 22.0 Å². The van der Waals surface area contributed by atoms with Crippen molar-refractivity contribution in [2.45, 2.75) is 38.6 Å². The van der Waals surface area contributed by atoms with Crippen LogP contribution in [0, 0.1) is 5.92 Å². The highest BCUT2D eigenvalue weighted by Crippen LogP contribution is 2.38. The average Bonchev–Trinajstić information content (AvgIpc) is 2.86. The van der Waals surface area contributed by atoms with Crippen molar-refractivity contribution in [3.8, 4) is 16.9 Å². The van der Waals surface area contributed by atoms with E-state index >= 15 is 0 Å². The standard InChI is InChI=1S/C28H32Cl2N4O3/c1-16(35)22-15-32-25-9-6-18(19-13-23(29)27(36)24(30)14-19)12-21(25)26(22)33-20-7-4-17(5-8-20)28(37)31-10-11-34(2)3/h6,9,12-15,17,20,36H,4-5,7-8,10-11H2,1-3H3,(H,31,37)(H,32,33). The third-order valence-corrected chi connectivity index (χ3v) is 7.48. The Labute approximate surface area is 227 Å². The van der Waals surface area contributed by atoms with Crippen LogP contribution in [0.3, 0.4) is 0 Å². The van der Waals surface area contributed by atoms with Crippen LogP contribution >= 0.6 is 23.2 Å². The number of carbonyl (C=O) groups is 2. The molecule has 0 spiro atoms. The van der Waals surface area contributed by atoms with Crippen molar-refractivity contribution < 1.29 is 14.7 Å². The number of fused-ring (bicyclic) bond motifs is 1. The van der Waals surface area contributed by atoms with Gasteiger partial charge in [0.05, 0.1) is 26.8 Å². The molecule has 0 unspecified atom stereocenters. The Morgan fingerprint density at radius 2 is 1.73 bits per heavy atom. The molecule has 1 aromatic heterocycles. The minimum Gasteiger partial charge on any atom is -0.505 e. The minimum atomic E-state index is -0.155. The van der Waals surface area contributed by atoms with Gasteiger partial charge in [-0.3, -0.25) is 14.6 Å². The molecule has 1 saturated carbocycles. The lowest BCUT2D eigenvalue weighted by atomic mass is 9.85. The molecule has 1 fully saturated rings. The summed E-state index contributed by atoms with van der Waals surface area (Å²) in [5.74, 6) is -0.100. The van der Waals surface area contributed by atoms with Crippen LogP contribution in [0.2, 0.25) is 10.0 Å². The van der Waals surface area contributed by atoms with Crippen molar-refractivity contribution in [1.82, 2.24) is 15.2 Å². The van der Waals surface area contributed by atoms with Crippen molar-refractivity contribution in [2.24, 2.45) is 5.92 Å². The zero-order chi connectivity index (χ0) is 26.7. The van der Waals surface area contributed by atoms with Crippen LogP contribution in [-0.4, -0.2) is 59.9 Å². The first kappa shape index (κ1) is 27.2. The Morgan fingerprint density at radius 1 is 1.05 bits per heavy atom. The lowest BCUT2D eigenvalue weighted by Crippen LogP contribution is -2.38. The maximum atomic E-state index is 12.6. The summed E-state index contributed by atoms with van der Waals surface area (Å²) in [5.41, 5.74) is 3.60. The molecule has 1 aliphatic rings. The predicted molar refractivity (Wildman–Crippen MR) is 150 cm³/mol. The summed E-state index contributed by atoms with van der Waals surface area (Å²) in [6, 6.07) is 9.21. The molecule has 1 heterocycles. The molecule has 1 amide bonds. The second-order valence-electron chi connectivity index (χ2n) is 9.91. The van der Waals surface area contributed by atoms with Gasteiger partial charge in [0, 0.05) is 36.6 Å². The topological polar surface area (TPSA) is 94.6 Å². The van der Waals surface area contributed by atoms with Gasteiger partial charge in [-0.1, -0.05) is 29.3 Å². The zero-order valence-corrected chi connectivity index (χ0v) is 22.8. The number of hydrogen-bond acceptors (Lipinski definition) is 6. The molecule has 0 atom stereocenters. The fourth-order valence-electron chi connectivity index (χ4n) is 4.78. The van der Waals surface area contributed by atoms with Gasteiger partial charge in [0.1, 0.15) is 0 Å². The lowest BCUT2D eigenvalue weighted by molar-refractivity contribution is -0.125. The molecular weight excluding hydrogens is 511 g/mol. The molecule has 0 bridgehead atoms. The quantitative estimate of drug-likeness (QED) is 0.313. The number of aromatic nitrogens is 1. The predicted octanol–water partition coefficient (Wildman–Crippen LogP) is 5.77. The summed E-state index contributed by atoms with van der Waals surface area (Å²) >= 11 is 12.3. The van der Waals surface area contributed by atoms with Crippen LogP contribution in [0.1, 0.15) is 43.0 Å². The number of pyridine rings is 1. The van der Waals surface area contributed by atoms with E-state index in [1.54, 1.807) is 18.3 Å². The summed E-state index contributed by atoms with van der Waals surface area (Å²) in [5, 5.41) is 17.7. The number of hydrogen-bond donors (Lipinski definition) is 3. The molecule has 1 aliphatic carbocycles. The third kappa shape index (κ3) is 6.35. The number of benzene rings is 2. The van der Waals surface area contributed by atoms with E-state index in [-0.39, 0.29) is 39.4 Å². The van der Waals surface area contributed by atoms with Crippen molar-refractivity contribution >= 4 is 51.5 Å². The normalized spacial score (nSPS) is 17.7. The first-order valence-electron chi connectivity index (χ1n) is 12.4. The Hall–Kier alpha value is -2.87. The summed E-state index contributed by atoms with van der Waals surface area (Å²) in [4.78, 5) is 31.6. The number of anilines is 1. The Kier molecular flexibility index (Phi) is 8.57. The van der Waals surface area contributed by atoms with Gasteiger partial charge in [0.25, 0.3) is 0 Å². The Bertz CT molecular complexity index is 1300. The molecule has 0 saturated heterocycles. The van der Waals surface area contributed by atoms with Crippen molar-refractivity contribution in [1.29, 1.82) is 0 Å². The number of phenols is 1. The van der Waals surface area contributed by atoms with Gasteiger partial charge in [-0.15, -0.1) is 0 Å². The lowest BCUT2D eigenvalue weighted by Gasteiger charge is -2.30. The van der Waals surface area contributed by atoms with Gasteiger partial charge < -0.3 is 20.6 Å². The SMILES string of the molecule is CC(=O)c1cnc2ccc(-c3cc(Cl)c(O)c(Cl)c3)cc2c1NC1CCC(C(=O)NCCN(C)C)CC1. The molecule has 4 rings (SSSR count). The van der Waals surface area contributed by atoms with E-state index in [1.165, 1.54) is 6.92 Å². The maximum Gasteiger partial charge on any atom is 0.223 e. The summed E-state index contributed by atoms with van der Waals surface area (Å²) < 4.78 is 0. The number of Topliss-reactive ketones (excluding diaryl/α,β-unsaturated/α-hetero) is 1. The number of phenolic OH excluding ortho intramolecular Hbond substituents is 1. The monoisotopic (exact) mass is 542 g/mol. The number of nitrogens with zero attached hydrogens (tertiary/aromatic N) is 2. The fraction of sp³-hybridized carbons (Fsp3) is 0.393. The summed E-state index contributed by atoms with van der Waals surface area (Å²) in [7, 11) is 3.97. The molecular formula is C28H32Cl2N4O3. The van der Waals surface area contributed by atoms with Gasteiger partial charge in [0.2, 0.25) is 5.91 Å². The van der Waals surface area contributed by atoms with Crippen LogP contribution in [0.4, 0.5) is 5.69 Å². The molecule has 7 nitrogen and oxygen atoms in total. The van der Waals surface area contributed by atoms with Gasteiger partial charge in [-0.05, 0) is 82.1 Å². The number of amides is 1. The Balaban J connectivity index is 1.57. The van der Waals surface area contributed by atoms with E-state index in [4.69, 9.17) is 23.2 Å². The first-order valence-corrected chi connectivity index (χ1v) is 13.2. The Morgan fingerprint density at radius 3 is 2.35 bits per heavy atom. The highest BCUT2D eigenvalue weighted by Gasteiger charge is 2.27. The van der Waals surface area contributed by atoms with Gasteiger partial charge >= 0.3 is 0 Å². The zero-order valence-electron chi connectivity index (χ0n) is 21.3. The first-order chi connectivity index (χ1) is 17.6. The smallest absolute Gasteiger partial charge is 0.223 e. The van der Waals surface area contributed by atoms with Crippen LogP contribution in [0.15, 0.2) is 36.5 Å². The van der Waals surface area contributed by atoms with E-state index in [1.807, 2.05) is 37.2 Å². The molecule has 2 aromatic carbocycles. The number of nitrogens with one attached hydrogen (secondary N) is 2. The largest absolute Gasteiger partial charge is 0.505 e. The molecule has 0 aliphatic heterocycles. The van der Waals surface area contributed by atoms with Crippen molar-refractivity contribution in [2.75, 3.05) is 32.5 Å². The van der Waals surface area contributed by atoms with Gasteiger partial charge in [0.15, 0.2) is 11.5 Å². The fourth-order valence-corrected chi connectivity index (χ4v) is 5.26. The highest BCUT2D eigenvalue weighted by atomic mass is 35.5. The molecule has 0 radical (unpaired) electrons. The number of ketones is 1. The molecule has 9 heteroatoms. The van der Waals surface area contributed by atoms with Gasteiger partial charge in [-0.25, -0.2) is 0 Å². The van der Waals surface area contributed by atoms with Gasteiger partial charge in [-0.2, -0.15) is 0 Å². The van der Waals surface area contributed by atoms with Crippen LogP contribution < -0.4 is 10.6 Å². The van der Waals surface area contributed by atoms with E-state index in [0.29, 0.717) is 12.1 Å². The summed E-state index contributed by atoms with van der Waals surface area (Å²) in [6.45, 7) is 3.00. The third-order valence-electron chi connectivity index (χ3n) is 6.90. The minimum absolute atomic E-state index is 0.0114. The average molecular weight is 543 g/mol. The number of likely N-dealkylation sites (N-methyl/N-ethyl adjacent to an activating group) is 1. The maximum absolute atomic E-state index is 12.6. The molecule has 37 heavy (non-hydrogen) atoms. The molecule has 3 N–H and O–H groups in total.